The van der Waals surface area contributed by atoms with Crippen LogP contribution in [-0.2, 0) is 10.2 Å². The molecular formula is C15H28N4O. The molecule has 0 bridgehead atoms. The molecule has 0 saturated heterocycles. The van der Waals surface area contributed by atoms with E-state index in [4.69, 9.17) is 9.72 Å². The van der Waals surface area contributed by atoms with Crippen LogP contribution in [0.15, 0.2) is 6.07 Å². The smallest absolute Gasteiger partial charge is 0.138 e. The standard InChI is InChI=1S/C15H28N4O/c1-7-16-12-11-13(19(8-2)9-10-20-6)18-14(17-12)15(3,4)5/h11H,7-10H2,1-6H3,(H,16,17,18). The van der Waals surface area contributed by atoms with E-state index in [0.717, 1.165) is 37.1 Å². The van der Waals surface area contributed by atoms with Crippen LogP contribution in [0, 0.1) is 0 Å². The van der Waals surface area contributed by atoms with Gasteiger partial charge in [0.05, 0.1) is 6.61 Å². The molecule has 5 nitrogen and oxygen atoms in total. The SMILES string of the molecule is CCNc1cc(N(CC)CCOC)nc(C(C)(C)C)n1. The molecule has 1 aromatic heterocycles. The highest BCUT2D eigenvalue weighted by Gasteiger charge is 2.20. The maximum atomic E-state index is 5.17. The Balaban J connectivity index is 3.12. The van der Waals surface area contributed by atoms with Crippen LogP contribution < -0.4 is 10.2 Å². The fourth-order valence-electron chi connectivity index (χ4n) is 1.84. The number of rotatable bonds is 7. The predicted molar refractivity (Wildman–Crippen MR) is 84.7 cm³/mol. The van der Waals surface area contributed by atoms with Gasteiger partial charge >= 0.3 is 0 Å². The summed E-state index contributed by atoms with van der Waals surface area (Å²) in [6.07, 6.45) is 0. The number of ether oxygens (including phenoxy) is 1. The molecule has 0 aliphatic rings. The molecule has 0 aliphatic heterocycles. The van der Waals surface area contributed by atoms with Crippen molar-refractivity contribution in [2.24, 2.45) is 0 Å². The van der Waals surface area contributed by atoms with Gasteiger partial charge in [0.25, 0.3) is 0 Å². The van der Waals surface area contributed by atoms with E-state index in [1.165, 1.54) is 0 Å². The first kappa shape index (κ1) is 16.7. The molecule has 114 valence electrons. The number of nitrogens with zero attached hydrogens (tertiary/aromatic N) is 3. The first-order valence-electron chi connectivity index (χ1n) is 7.29. The van der Waals surface area contributed by atoms with Crippen molar-refractivity contribution < 1.29 is 4.74 Å². The average molecular weight is 280 g/mol. The predicted octanol–water partition coefficient (Wildman–Crippen LogP) is 2.68. The number of hydrogen-bond donors (Lipinski definition) is 1. The van der Waals surface area contributed by atoms with E-state index < -0.39 is 0 Å². The third-order valence-electron chi connectivity index (χ3n) is 3.01. The molecule has 0 aromatic carbocycles. The molecule has 1 N–H and O–H groups in total. The summed E-state index contributed by atoms with van der Waals surface area (Å²) in [7, 11) is 1.72. The molecule has 0 saturated carbocycles. The molecule has 0 aliphatic carbocycles. The minimum absolute atomic E-state index is 0.0686. The molecule has 0 fully saturated rings. The quantitative estimate of drug-likeness (QED) is 0.832. The highest BCUT2D eigenvalue weighted by atomic mass is 16.5. The van der Waals surface area contributed by atoms with E-state index >= 15 is 0 Å². The molecule has 1 aromatic rings. The van der Waals surface area contributed by atoms with Gasteiger partial charge in [-0.05, 0) is 13.8 Å². The van der Waals surface area contributed by atoms with Crippen LogP contribution in [0.2, 0.25) is 0 Å². The van der Waals surface area contributed by atoms with Crippen LogP contribution in [0.25, 0.3) is 0 Å². The van der Waals surface area contributed by atoms with Crippen molar-refractivity contribution in [2.75, 3.05) is 43.6 Å². The second-order valence-corrected chi connectivity index (χ2v) is 5.79. The number of methoxy groups -OCH3 is 1. The van der Waals surface area contributed by atoms with Crippen LogP contribution in [0.5, 0.6) is 0 Å². The van der Waals surface area contributed by atoms with E-state index in [0.29, 0.717) is 6.61 Å². The monoisotopic (exact) mass is 280 g/mol. The normalized spacial score (nSPS) is 11.5. The van der Waals surface area contributed by atoms with Gasteiger partial charge in [-0.1, -0.05) is 20.8 Å². The summed E-state index contributed by atoms with van der Waals surface area (Å²) in [6, 6.07) is 2.01. The summed E-state index contributed by atoms with van der Waals surface area (Å²) >= 11 is 0. The number of anilines is 2. The lowest BCUT2D eigenvalue weighted by atomic mass is 9.96. The Morgan fingerprint density at radius 1 is 1.25 bits per heavy atom. The molecule has 0 amide bonds. The number of likely N-dealkylation sites (N-methyl/N-ethyl adjacent to an activating group) is 1. The summed E-state index contributed by atoms with van der Waals surface area (Å²) in [5, 5.41) is 3.29. The minimum Gasteiger partial charge on any atom is -0.383 e. The highest BCUT2D eigenvalue weighted by Crippen LogP contribution is 2.24. The van der Waals surface area contributed by atoms with Crippen molar-refractivity contribution >= 4 is 11.6 Å². The van der Waals surface area contributed by atoms with Crippen LogP contribution in [0.3, 0.4) is 0 Å². The van der Waals surface area contributed by atoms with Crippen LogP contribution in [0.1, 0.15) is 40.4 Å². The first-order valence-corrected chi connectivity index (χ1v) is 7.29. The lowest BCUT2D eigenvalue weighted by Gasteiger charge is -2.25. The van der Waals surface area contributed by atoms with Crippen molar-refractivity contribution in [2.45, 2.75) is 40.0 Å². The Morgan fingerprint density at radius 2 is 1.95 bits per heavy atom. The van der Waals surface area contributed by atoms with Gasteiger partial charge in [0.1, 0.15) is 17.5 Å². The lowest BCUT2D eigenvalue weighted by Crippen LogP contribution is -2.29. The number of aromatic nitrogens is 2. The molecule has 0 unspecified atom stereocenters. The zero-order chi connectivity index (χ0) is 15.2. The van der Waals surface area contributed by atoms with Gasteiger partial charge in [0.15, 0.2) is 0 Å². The van der Waals surface area contributed by atoms with Crippen LogP contribution >= 0.6 is 0 Å². The van der Waals surface area contributed by atoms with Gasteiger partial charge in [-0.25, -0.2) is 9.97 Å². The minimum atomic E-state index is -0.0686. The Labute approximate surface area is 122 Å². The topological polar surface area (TPSA) is 50.3 Å². The largest absolute Gasteiger partial charge is 0.383 e. The third-order valence-corrected chi connectivity index (χ3v) is 3.01. The number of nitrogens with one attached hydrogen (secondary N) is 1. The average Bonchev–Trinajstić information content (AvgIpc) is 2.39. The van der Waals surface area contributed by atoms with Crippen LogP contribution in [-0.4, -0.2) is 43.3 Å². The summed E-state index contributed by atoms with van der Waals surface area (Å²) in [4.78, 5) is 11.6. The Morgan fingerprint density at radius 3 is 2.45 bits per heavy atom. The molecule has 0 radical (unpaired) electrons. The molecule has 20 heavy (non-hydrogen) atoms. The molecule has 5 heteroatoms. The zero-order valence-electron chi connectivity index (χ0n) is 13.7. The molecule has 0 spiro atoms. The van der Waals surface area contributed by atoms with Crippen molar-refractivity contribution in [1.29, 1.82) is 0 Å². The van der Waals surface area contributed by atoms with Crippen LogP contribution in [0.4, 0.5) is 11.6 Å². The van der Waals surface area contributed by atoms with Crippen molar-refractivity contribution in [3.05, 3.63) is 11.9 Å². The highest BCUT2D eigenvalue weighted by molar-refractivity contribution is 5.50. The molecule has 0 atom stereocenters. The van der Waals surface area contributed by atoms with Gasteiger partial charge in [0, 0.05) is 38.2 Å². The van der Waals surface area contributed by atoms with E-state index in [1.54, 1.807) is 7.11 Å². The van der Waals surface area contributed by atoms with Gasteiger partial charge < -0.3 is 15.0 Å². The second kappa shape index (κ2) is 7.43. The summed E-state index contributed by atoms with van der Waals surface area (Å²) in [5.74, 6) is 2.71. The summed E-state index contributed by atoms with van der Waals surface area (Å²) in [5.41, 5.74) is -0.0686. The third kappa shape index (κ3) is 4.63. The maximum Gasteiger partial charge on any atom is 0.138 e. The van der Waals surface area contributed by atoms with Gasteiger partial charge in [0.2, 0.25) is 0 Å². The Kier molecular flexibility index (Phi) is 6.20. The number of hydrogen-bond acceptors (Lipinski definition) is 5. The fourth-order valence-corrected chi connectivity index (χ4v) is 1.84. The fraction of sp³-hybridized carbons (Fsp3) is 0.733. The lowest BCUT2D eigenvalue weighted by molar-refractivity contribution is 0.205. The Bertz CT molecular complexity index is 415. The van der Waals surface area contributed by atoms with Gasteiger partial charge in [-0.3, -0.25) is 0 Å². The van der Waals surface area contributed by atoms with E-state index in [-0.39, 0.29) is 5.41 Å². The summed E-state index contributed by atoms with van der Waals surface area (Å²) < 4.78 is 5.17. The molecular weight excluding hydrogens is 252 g/mol. The zero-order valence-corrected chi connectivity index (χ0v) is 13.7. The van der Waals surface area contributed by atoms with Crippen molar-refractivity contribution in [3.63, 3.8) is 0 Å². The molecule has 1 heterocycles. The second-order valence-electron chi connectivity index (χ2n) is 5.79. The van der Waals surface area contributed by atoms with Gasteiger partial charge in [-0.2, -0.15) is 0 Å². The van der Waals surface area contributed by atoms with Crippen molar-refractivity contribution in [1.82, 2.24) is 9.97 Å². The molecule has 1 rings (SSSR count). The van der Waals surface area contributed by atoms with Gasteiger partial charge in [-0.15, -0.1) is 0 Å². The maximum absolute atomic E-state index is 5.17. The van der Waals surface area contributed by atoms with E-state index in [2.05, 4.69) is 49.8 Å². The summed E-state index contributed by atoms with van der Waals surface area (Å²) in [6.45, 7) is 13.9. The van der Waals surface area contributed by atoms with E-state index in [9.17, 15) is 0 Å². The van der Waals surface area contributed by atoms with E-state index in [1.807, 2.05) is 6.07 Å². The first-order chi connectivity index (χ1) is 9.42. The Hall–Kier alpha value is -1.36. The van der Waals surface area contributed by atoms with Crippen molar-refractivity contribution in [3.8, 4) is 0 Å².